The molecule has 15 heavy (non-hydrogen) atoms. The van der Waals surface area contributed by atoms with Crippen molar-refractivity contribution >= 4 is 0 Å². The Kier molecular flexibility index (Phi) is 3.73. The Bertz CT molecular complexity index is 284. The van der Waals surface area contributed by atoms with Gasteiger partial charge in [0.2, 0.25) is 0 Å². The van der Waals surface area contributed by atoms with Crippen LogP contribution in [0.5, 0.6) is 0 Å². The van der Waals surface area contributed by atoms with E-state index in [9.17, 15) is 0 Å². The van der Waals surface area contributed by atoms with Crippen molar-refractivity contribution in [1.82, 2.24) is 4.98 Å². The molecule has 2 unspecified atom stereocenters. The molecule has 1 aromatic heterocycles. The molecule has 1 heterocycles. The zero-order chi connectivity index (χ0) is 10.5. The van der Waals surface area contributed by atoms with Crippen molar-refractivity contribution in [2.24, 2.45) is 11.7 Å². The van der Waals surface area contributed by atoms with E-state index in [4.69, 9.17) is 5.73 Å². The number of aromatic nitrogens is 1. The largest absolute Gasteiger partial charge is 0.327 e. The SMILES string of the molecule is NC1CCCCC1CCc1cccnc1. The summed E-state index contributed by atoms with van der Waals surface area (Å²) in [6.45, 7) is 0. The van der Waals surface area contributed by atoms with Crippen LogP contribution in [-0.2, 0) is 6.42 Å². The Labute approximate surface area is 91.9 Å². The minimum absolute atomic E-state index is 0.440. The van der Waals surface area contributed by atoms with E-state index in [0.29, 0.717) is 6.04 Å². The van der Waals surface area contributed by atoms with E-state index in [1.807, 2.05) is 18.5 Å². The average molecular weight is 204 g/mol. The van der Waals surface area contributed by atoms with Gasteiger partial charge in [-0.2, -0.15) is 0 Å². The molecular weight excluding hydrogens is 184 g/mol. The minimum atomic E-state index is 0.440. The van der Waals surface area contributed by atoms with Gasteiger partial charge in [-0.15, -0.1) is 0 Å². The monoisotopic (exact) mass is 204 g/mol. The second-order valence-corrected chi connectivity index (χ2v) is 4.61. The first-order valence-corrected chi connectivity index (χ1v) is 6.01. The Morgan fingerprint density at radius 1 is 1.33 bits per heavy atom. The third-order valence-electron chi connectivity index (χ3n) is 3.49. The molecule has 1 aliphatic rings. The fourth-order valence-corrected chi connectivity index (χ4v) is 2.49. The lowest BCUT2D eigenvalue weighted by atomic mass is 9.82. The van der Waals surface area contributed by atoms with Gasteiger partial charge in [-0.05, 0) is 43.2 Å². The Hall–Kier alpha value is -0.890. The molecule has 0 aromatic carbocycles. The molecular formula is C13H20N2. The maximum absolute atomic E-state index is 6.13. The molecule has 0 radical (unpaired) electrons. The van der Waals surface area contributed by atoms with Gasteiger partial charge in [-0.25, -0.2) is 0 Å². The quantitative estimate of drug-likeness (QED) is 0.821. The standard InChI is InChI=1S/C13H20N2/c14-13-6-2-1-5-12(13)8-7-11-4-3-9-15-10-11/h3-4,9-10,12-13H,1-2,5-8,14H2. The van der Waals surface area contributed by atoms with Crippen molar-refractivity contribution in [3.05, 3.63) is 30.1 Å². The van der Waals surface area contributed by atoms with Gasteiger partial charge in [-0.3, -0.25) is 4.98 Å². The first-order chi connectivity index (χ1) is 7.36. The molecule has 0 saturated heterocycles. The molecule has 0 bridgehead atoms. The molecule has 0 aliphatic heterocycles. The average Bonchev–Trinajstić information content (AvgIpc) is 2.29. The van der Waals surface area contributed by atoms with Gasteiger partial charge in [-0.1, -0.05) is 18.9 Å². The highest BCUT2D eigenvalue weighted by atomic mass is 14.7. The summed E-state index contributed by atoms with van der Waals surface area (Å²) < 4.78 is 0. The zero-order valence-electron chi connectivity index (χ0n) is 9.23. The topological polar surface area (TPSA) is 38.9 Å². The maximum Gasteiger partial charge on any atom is 0.0299 e. The number of nitrogens with two attached hydrogens (primary N) is 1. The van der Waals surface area contributed by atoms with Crippen molar-refractivity contribution in [3.63, 3.8) is 0 Å². The first-order valence-electron chi connectivity index (χ1n) is 6.01. The third kappa shape index (κ3) is 3.03. The molecule has 1 aliphatic carbocycles. The Morgan fingerprint density at radius 2 is 2.20 bits per heavy atom. The molecule has 2 nitrogen and oxygen atoms in total. The number of nitrogens with zero attached hydrogens (tertiary/aromatic N) is 1. The van der Waals surface area contributed by atoms with Gasteiger partial charge in [0.05, 0.1) is 0 Å². The van der Waals surface area contributed by atoms with Gasteiger partial charge in [0.15, 0.2) is 0 Å². The summed E-state index contributed by atoms with van der Waals surface area (Å²) in [5.41, 5.74) is 7.47. The summed E-state index contributed by atoms with van der Waals surface area (Å²) >= 11 is 0. The molecule has 1 aromatic rings. The number of pyridine rings is 1. The van der Waals surface area contributed by atoms with Crippen molar-refractivity contribution in [1.29, 1.82) is 0 Å². The molecule has 2 atom stereocenters. The smallest absolute Gasteiger partial charge is 0.0299 e. The lowest BCUT2D eigenvalue weighted by Crippen LogP contribution is -2.33. The summed E-state index contributed by atoms with van der Waals surface area (Å²) in [5.74, 6) is 0.735. The van der Waals surface area contributed by atoms with Crippen LogP contribution in [0.1, 0.15) is 37.7 Å². The van der Waals surface area contributed by atoms with Gasteiger partial charge < -0.3 is 5.73 Å². The fourth-order valence-electron chi connectivity index (χ4n) is 2.49. The lowest BCUT2D eigenvalue weighted by Gasteiger charge is -2.28. The number of rotatable bonds is 3. The maximum atomic E-state index is 6.13. The van der Waals surface area contributed by atoms with Gasteiger partial charge in [0.25, 0.3) is 0 Å². The number of aryl methyl sites for hydroxylation is 1. The van der Waals surface area contributed by atoms with Crippen LogP contribution in [0.3, 0.4) is 0 Å². The summed E-state index contributed by atoms with van der Waals surface area (Å²) in [6.07, 6.45) is 11.4. The van der Waals surface area contributed by atoms with E-state index in [0.717, 1.165) is 12.3 Å². The second kappa shape index (κ2) is 5.26. The van der Waals surface area contributed by atoms with Crippen LogP contribution in [0.2, 0.25) is 0 Å². The van der Waals surface area contributed by atoms with Crippen LogP contribution in [0.4, 0.5) is 0 Å². The number of hydrogen-bond donors (Lipinski definition) is 1. The summed E-state index contributed by atoms with van der Waals surface area (Å²) in [7, 11) is 0. The Balaban J connectivity index is 1.82. The molecule has 82 valence electrons. The zero-order valence-corrected chi connectivity index (χ0v) is 9.23. The lowest BCUT2D eigenvalue weighted by molar-refractivity contribution is 0.292. The third-order valence-corrected chi connectivity index (χ3v) is 3.49. The summed E-state index contributed by atoms with van der Waals surface area (Å²) in [6, 6.07) is 4.60. The normalized spacial score (nSPS) is 26.5. The summed E-state index contributed by atoms with van der Waals surface area (Å²) in [4.78, 5) is 4.14. The van der Waals surface area contributed by atoms with E-state index < -0.39 is 0 Å². The van der Waals surface area contributed by atoms with Crippen LogP contribution in [0.15, 0.2) is 24.5 Å². The highest BCUT2D eigenvalue weighted by Gasteiger charge is 2.21. The van der Waals surface area contributed by atoms with Crippen LogP contribution in [0.25, 0.3) is 0 Å². The molecule has 2 rings (SSSR count). The van der Waals surface area contributed by atoms with E-state index in [1.165, 1.54) is 37.7 Å². The fraction of sp³-hybridized carbons (Fsp3) is 0.615. The minimum Gasteiger partial charge on any atom is -0.327 e. The molecule has 0 amide bonds. The predicted octanol–water partition coefficient (Wildman–Crippen LogP) is 2.53. The van der Waals surface area contributed by atoms with E-state index >= 15 is 0 Å². The molecule has 1 saturated carbocycles. The van der Waals surface area contributed by atoms with Gasteiger partial charge in [0.1, 0.15) is 0 Å². The van der Waals surface area contributed by atoms with E-state index in [2.05, 4.69) is 11.1 Å². The highest BCUT2D eigenvalue weighted by Crippen LogP contribution is 2.26. The van der Waals surface area contributed by atoms with Gasteiger partial charge >= 0.3 is 0 Å². The van der Waals surface area contributed by atoms with Gasteiger partial charge in [0, 0.05) is 18.4 Å². The summed E-state index contributed by atoms with van der Waals surface area (Å²) in [5, 5.41) is 0. The van der Waals surface area contributed by atoms with E-state index in [-0.39, 0.29) is 0 Å². The van der Waals surface area contributed by atoms with Crippen molar-refractivity contribution in [2.45, 2.75) is 44.6 Å². The molecule has 2 heteroatoms. The number of hydrogen-bond acceptors (Lipinski definition) is 2. The van der Waals surface area contributed by atoms with Crippen LogP contribution in [0, 0.1) is 5.92 Å². The van der Waals surface area contributed by atoms with Crippen LogP contribution in [-0.4, -0.2) is 11.0 Å². The van der Waals surface area contributed by atoms with Crippen molar-refractivity contribution in [3.8, 4) is 0 Å². The van der Waals surface area contributed by atoms with Crippen molar-refractivity contribution in [2.75, 3.05) is 0 Å². The Morgan fingerprint density at radius 3 is 2.93 bits per heavy atom. The molecule has 0 spiro atoms. The van der Waals surface area contributed by atoms with E-state index in [1.54, 1.807) is 0 Å². The predicted molar refractivity (Wildman–Crippen MR) is 62.5 cm³/mol. The molecule has 2 N–H and O–H groups in total. The molecule has 1 fully saturated rings. The first kappa shape index (κ1) is 10.6. The highest BCUT2D eigenvalue weighted by molar-refractivity contribution is 5.08. The second-order valence-electron chi connectivity index (χ2n) is 4.61. The van der Waals surface area contributed by atoms with Crippen LogP contribution >= 0.6 is 0 Å². The van der Waals surface area contributed by atoms with Crippen LogP contribution < -0.4 is 5.73 Å². The van der Waals surface area contributed by atoms with Crippen molar-refractivity contribution < 1.29 is 0 Å².